The molecule has 28 heavy (non-hydrogen) atoms. The van der Waals surface area contributed by atoms with E-state index in [1.807, 2.05) is 0 Å². The molecule has 0 unspecified atom stereocenters. The zero-order valence-corrected chi connectivity index (χ0v) is 14.8. The van der Waals surface area contributed by atoms with Crippen LogP contribution in [0, 0.1) is 0 Å². The Morgan fingerprint density at radius 1 is 1.07 bits per heavy atom. The van der Waals surface area contributed by atoms with Gasteiger partial charge in [0.25, 0.3) is 0 Å². The highest BCUT2D eigenvalue weighted by Gasteiger charge is 2.32. The minimum absolute atomic E-state index is 0.0325. The summed E-state index contributed by atoms with van der Waals surface area (Å²) in [5.41, 5.74) is 0.783. The van der Waals surface area contributed by atoms with Gasteiger partial charge in [0.1, 0.15) is 0 Å². The average Bonchev–Trinajstić information content (AvgIpc) is 2.61. The molecule has 0 radical (unpaired) electrons. The summed E-state index contributed by atoms with van der Waals surface area (Å²) in [4.78, 5) is 12.3. The number of rotatable bonds is 5. The van der Waals surface area contributed by atoms with Crippen LogP contribution < -0.4 is 5.48 Å². The molecule has 0 saturated heterocycles. The molecule has 1 aromatic heterocycles. The number of hydrogen-bond acceptors (Lipinski definition) is 4. The first-order chi connectivity index (χ1) is 13.0. The van der Waals surface area contributed by atoms with Crippen LogP contribution in [0.15, 0.2) is 47.7 Å². The largest absolute Gasteiger partial charge is 0.417 e. The van der Waals surface area contributed by atoms with E-state index in [1.165, 1.54) is 19.5 Å². The van der Waals surface area contributed by atoms with Crippen molar-refractivity contribution in [3.8, 4) is 0 Å². The highest BCUT2D eigenvalue weighted by atomic mass is 35.5. The molecule has 150 valence electrons. The van der Waals surface area contributed by atoms with Crippen LogP contribution in [0.25, 0.3) is 5.57 Å². The lowest BCUT2D eigenvalue weighted by atomic mass is 10.1. The molecule has 0 saturated carbocycles. The van der Waals surface area contributed by atoms with Crippen LogP contribution in [0.1, 0.15) is 16.8 Å². The van der Waals surface area contributed by atoms with Crippen molar-refractivity contribution in [2.45, 2.75) is 12.4 Å². The summed E-state index contributed by atoms with van der Waals surface area (Å²) in [6.07, 6.45) is -6.08. The molecule has 11 heteroatoms. The van der Waals surface area contributed by atoms with Crippen molar-refractivity contribution in [2.75, 3.05) is 7.11 Å². The molecule has 1 aromatic carbocycles. The Labute approximate surface area is 160 Å². The Hall–Kier alpha value is -2.59. The third-order valence-electron chi connectivity index (χ3n) is 3.32. The van der Waals surface area contributed by atoms with E-state index in [4.69, 9.17) is 11.6 Å². The van der Waals surface area contributed by atoms with Gasteiger partial charge in [0, 0.05) is 24.2 Å². The van der Waals surface area contributed by atoms with Crippen LogP contribution >= 0.6 is 11.6 Å². The van der Waals surface area contributed by atoms with Crippen LogP contribution in [-0.2, 0) is 17.2 Å². The van der Waals surface area contributed by atoms with E-state index in [9.17, 15) is 26.3 Å². The van der Waals surface area contributed by atoms with Crippen LogP contribution in [0.3, 0.4) is 0 Å². The van der Waals surface area contributed by atoms with E-state index in [2.05, 4.69) is 20.3 Å². The van der Waals surface area contributed by atoms with Crippen molar-refractivity contribution in [3.05, 3.63) is 64.6 Å². The van der Waals surface area contributed by atoms with Crippen molar-refractivity contribution in [2.24, 2.45) is 4.99 Å². The fourth-order valence-corrected chi connectivity index (χ4v) is 2.25. The van der Waals surface area contributed by atoms with Gasteiger partial charge in [-0.15, -0.1) is 0 Å². The molecule has 2 aromatic rings. The Morgan fingerprint density at radius 3 is 2.18 bits per heavy atom. The molecular formula is C17H12ClF6N3O. The number of nitrogens with zero attached hydrogens (tertiary/aromatic N) is 2. The molecule has 0 amide bonds. The highest BCUT2D eigenvalue weighted by Crippen LogP contribution is 2.33. The monoisotopic (exact) mass is 423 g/mol. The first-order valence-electron chi connectivity index (χ1n) is 7.45. The van der Waals surface area contributed by atoms with E-state index in [1.54, 1.807) is 0 Å². The number of aromatic nitrogens is 1. The maximum atomic E-state index is 12.7. The van der Waals surface area contributed by atoms with Crippen molar-refractivity contribution in [3.63, 3.8) is 0 Å². The maximum absolute atomic E-state index is 12.7. The third kappa shape index (κ3) is 5.70. The van der Waals surface area contributed by atoms with E-state index < -0.39 is 23.5 Å². The molecule has 2 rings (SSSR count). The van der Waals surface area contributed by atoms with Gasteiger partial charge < -0.3 is 0 Å². The van der Waals surface area contributed by atoms with E-state index in [0.717, 1.165) is 24.3 Å². The summed E-state index contributed by atoms with van der Waals surface area (Å²) >= 11 is 5.90. The maximum Gasteiger partial charge on any atom is 0.417 e. The number of nitrogens with one attached hydrogen (secondary N) is 1. The van der Waals surface area contributed by atoms with Crippen LogP contribution in [-0.4, -0.2) is 18.3 Å². The average molecular weight is 424 g/mol. The van der Waals surface area contributed by atoms with Crippen LogP contribution in [0.2, 0.25) is 5.02 Å². The minimum atomic E-state index is -4.61. The normalized spacial score (nSPS) is 13.2. The lowest BCUT2D eigenvalue weighted by Crippen LogP contribution is -2.08. The van der Waals surface area contributed by atoms with Crippen molar-refractivity contribution >= 4 is 29.1 Å². The lowest BCUT2D eigenvalue weighted by Gasteiger charge is -2.10. The summed E-state index contributed by atoms with van der Waals surface area (Å²) in [5.74, 6) is 0. The molecule has 4 nitrogen and oxygen atoms in total. The molecule has 0 spiro atoms. The Balaban J connectivity index is 2.33. The first kappa shape index (κ1) is 21.7. The predicted molar refractivity (Wildman–Crippen MR) is 92.0 cm³/mol. The number of alkyl halides is 6. The first-order valence-corrected chi connectivity index (χ1v) is 7.83. The summed E-state index contributed by atoms with van der Waals surface area (Å²) in [5, 5.41) is -0.294. The second-order valence-electron chi connectivity index (χ2n) is 5.28. The predicted octanol–water partition coefficient (Wildman–Crippen LogP) is 5.67. The molecular weight excluding hydrogens is 412 g/mol. The summed E-state index contributed by atoms with van der Waals surface area (Å²) in [6.45, 7) is 0. The summed E-state index contributed by atoms with van der Waals surface area (Å²) in [6, 6.07) is 4.70. The van der Waals surface area contributed by atoms with Crippen molar-refractivity contribution in [1.29, 1.82) is 0 Å². The molecule has 0 aliphatic carbocycles. The van der Waals surface area contributed by atoms with Crippen LogP contribution in [0.5, 0.6) is 0 Å². The zero-order valence-electron chi connectivity index (χ0n) is 14.1. The Bertz CT molecular complexity index is 876. The number of pyridine rings is 1. The fourth-order valence-electron chi connectivity index (χ4n) is 1.98. The molecule has 1 N–H and O–H groups in total. The molecule has 0 bridgehead atoms. The van der Waals surface area contributed by atoms with Gasteiger partial charge in [-0.3, -0.25) is 20.3 Å². The lowest BCUT2D eigenvalue weighted by molar-refractivity contribution is -0.138. The standard InChI is InChI=1S/C17H12ClF6N3O/c1-28-27-8-10(15-14(18)6-12(9-26-15)17(22,23)24)7-25-13-4-2-11(3-5-13)16(19,20)21/h2-9,27H,1H3. The Morgan fingerprint density at radius 2 is 1.68 bits per heavy atom. The summed E-state index contributed by atoms with van der Waals surface area (Å²) in [7, 11) is 1.29. The van der Waals surface area contributed by atoms with Gasteiger partial charge >= 0.3 is 12.4 Å². The van der Waals surface area contributed by atoms with Gasteiger partial charge in [0.2, 0.25) is 0 Å². The van der Waals surface area contributed by atoms with Gasteiger partial charge in [-0.2, -0.15) is 26.3 Å². The molecule has 0 atom stereocenters. The SMILES string of the molecule is CONC=C(C=Nc1ccc(C(F)(F)F)cc1)c1ncc(C(F)(F)F)cc1Cl. The molecule has 0 aliphatic rings. The molecule has 0 fully saturated rings. The number of allylic oxidation sites excluding steroid dienone is 1. The number of halogens is 7. The third-order valence-corrected chi connectivity index (χ3v) is 3.61. The van der Waals surface area contributed by atoms with Crippen molar-refractivity contribution < 1.29 is 31.2 Å². The van der Waals surface area contributed by atoms with Gasteiger partial charge in [-0.05, 0) is 30.3 Å². The quantitative estimate of drug-likeness (QED) is 0.383. The fraction of sp³-hybridized carbons (Fsp3) is 0.176. The number of aliphatic imine (C=N–C) groups is 1. The smallest absolute Gasteiger partial charge is 0.280 e. The molecule has 0 aliphatic heterocycles. The van der Waals surface area contributed by atoms with Gasteiger partial charge in [0.05, 0.1) is 34.6 Å². The van der Waals surface area contributed by atoms with E-state index >= 15 is 0 Å². The number of hydrogen-bond donors (Lipinski definition) is 1. The van der Waals surface area contributed by atoms with Gasteiger partial charge in [0.15, 0.2) is 0 Å². The minimum Gasteiger partial charge on any atom is -0.280 e. The van der Waals surface area contributed by atoms with Gasteiger partial charge in [-0.1, -0.05) is 11.6 Å². The highest BCUT2D eigenvalue weighted by molar-refractivity contribution is 6.33. The number of hydroxylamine groups is 1. The zero-order chi connectivity index (χ0) is 20.9. The van der Waals surface area contributed by atoms with E-state index in [0.29, 0.717) is 12.3 Å². The second kappa shape index (κ2) is 8.61. The Kier molecular flexibility index (Phi) is 6.68. The van der Waals surface area contributed by atoms with Gasteiger partial charge in [-0.25, -0.2) is 0 Å². The topological polar surface area (TPSA) is 46.5 Å². The number of benzene rings is 1. The van der Waals surface area contributed by atoms with E-state index in [-0.39, 0.29) is 22.0 Å². The summed E-state index contributed by atoms with van der Waals surface area (Å²) < 4.78 is 76.0. The second-order valence-corrected chi connectivity index (χ2v) is 5.68. The van der Waals surface area contributed by atoms with Crippen molar-refractivity contribution in [1.82, 2.24) is 10.5 Å². The van der Waals surface area contributed by atoms with Crippen LogP contribution in [0.4, 0.5) is 32.0 Å². The molecule has 1 heterocycles.